The minimum absolute atomic E-state index is 0.000348. The lowest BCUT2D eigenvalue weighted by Crippen LogP contribution is -2.68. The van der Waals surface area contributed by atoms with Crippen LogP contribution in [-0.2, 0) is 9.22 Å². The van der Waals surface area contributed by atoms with Crippen molar-refractivity contribution in [1.82, 2.24) is 4.90 Å². The van der Waals surface area contributed by atoms with Gasteiger partial charge in [0.25, 0.3) is 8.32 Å². The third-order valence-corrected chi connectivity index (χ3v) is 10.3. The van der Waals surface area contributed by atoms with Gasteiger partial charge < -0.3 is 14.3 Å². The maximum Gasteiger partial charge on any atom is 0.408 e. The van der Waals surface area contributed by atoms with E-state index >= 15 is 0 Å². The van der Waals surface area contributed by atoms with E-state index in [4.69, 9.17) is 4.43 Å². The van der Waals surface area contributed by atoms with Gasteiger partial charge >= 0.3 is 6.09 Å². The van der Waals surface area contributed by atoms with Crippen LogP contribution in [0.4, 0.5) is 4.79 Å². The van der Waals surface area contributed by atoms with Crippen LogP contribution in [0.5, 0.6) is 0 Å². The van der Waals surface area contributed by atoms with E-state index in [0.717, 1.165) is 10.4 Å². The van der Waals surface area contributed by atoms with Crippen LogP contribution in [0.1, 0.15) is 41.5 Å². The van der Waals surface area contributed by atoms with Gasteiger partial charge in [-0.25, -0.2) is 4.79 Å². The van der Waals surface area contributed by atoms with Gasteiger partial charge in [-0.05, 0) is 36.2 Å². The van der Waals surface area contributed by atoms with Crippen molar-refractivity contribution in [3.63, 3.8) is 0 Å². The zero-order chi connectivity index (χ0) is 22.6. The molecule has 0 aliphatic rings. The molecule has 0 unspecified atom stereocenters. The lowest BCUT2D eigenvalue weighted by atomic mass is 10.0. The molecule has 0 saturated heterocycles. The van der Waals surface area contributed by atoms with Crippen molar-refractivity contribution in [3.8, 4) is 0 Å². The van der Waals surface area contributed by atoms with Gasteiger partial charge in [-0.3, -0.25) is 4.90 Å². The number of hydrogen-bond acceptors (Lipinski definition) is 3. The van der Waals surface area contributed by atoms with Crippen molar-refractivity contribution in [1.29, 1.82) is 0 Å². The molecule has 1 amide bonds. The van der Waals surface area contributed by atoms with Gasteiger partial charge in [-0.15, -0.1) is 0 Å². The quantitative estimate of drug-likeness (QED) is 0.537. The van der Waals surface area contributed by atoms with E-state index in [1.807, 2.05) is 36.4 Å². The van der Waals surface area contributed by atoms with Crippen molar-refractivity contribution in [3.05, 3.63) is 60.7 Å². The molecule has 0 aromatic heterocycles. The van der Waals surface area contributed by atoms with Crippen LogP contribution in [0.2, 0.25) is 5.04 Å². The molecule has 0 fully saturated rings. The number of carbonyl (C=O) groups excluding carboxylic acids is 1. The SMILES string of the molecule is CC(C)(C)N(C(=O)O)[C@@H](C=O)CO[Si](c1ccccc1)(c1ccccc1)C(C)(C)C. The molecule has 1 atom stereocenters. The highest BCUT2D eigenvalue weighted by atomic mass is 28.4. The average molecular weight is 428 g/mol. The van der Waals surface area contributed by atoms with Gasteiger partial charge in [0.2, 0.25) is 0 Å². The minimum Gasteiger partial charge on any atom is -0.465 e. The Kier molecular flexibility index (Phi) is 7.26. The highest BCUT2D eigenvalue weighted by Gasteiger charge is 2.51. The number of aldehydes is 1. The van der Waals surface area contributed by atoms with Crippen molar-refractivity contribution < 1.29 is 19.1 Å². The van der Waals surface area contributed by atoms with Gasteiger partial charge in [0.1, 0.15) is 12.3 Å². The number of benzene rings is 2. The zero-order valence-corrected chi connectivity index (χ0v) is 19.8. The molecular formula is C24H33NO4Si. The summed E-state index contributed by atoms with van der Waals surface area (Å²) in [5, 5.41) is 11.7. The highest BCUT2D eigenvalue weighted by molar-refractivity contribution is 6.99. The summed E-state index contributed by atoms with van der Waals surface area (Å²) in [6.07, 6.45) is -0.456. The summed E-state index contributed by atoms with van der Waals surface area (Å²) in [7, 11) is -2.85. The van der Waals surface area contributed by atoms with E-state index in [0.29, 0.717) is 6.29 Å². The molecule has 5 nitrogen and oxygen atoms in total. The number of amides is 1. The molecule has 0 radical (unpaired) electrons. The summed E-state index contributed by atoms with van der Waals surface area (Å²) < 4.78 is 6.75. The van der Waals surface area contributed by atoms with Gasteiger partial charge in [0.05, 0.1) is 6.61 Å². The van der Waals surface area contributed by atoms with Crippen LogP contribution < -0.4 is 10.4 Å². The third-order valence-electron chi connectivity index (χ3n) is 5.30. The fourth-order valence-electron chi connectivity index (χ4n) is 4.07. The Morgan fingerprint density at radius 1 is 0.967 bits per heavy atom. The van der Waals surface area contributed by atoms with Crippen LogP contribution in [0.3, 0.4) is 0 Å². The standard InChI is InChI=1S/C24H33NO4Si/c1-23(2,3)25(22(27)28)19(17-26)18-29-30(24(4,5)6,20-13-9-7-10-14-20)21-15-11-8-12-16-21/h7-17,19H,18H2,1-6H3,(H,27,28)/t19-/m0/s1. The largest absolute Gasteiger partial charge is 0.465 e. The Morgan fingerprint density at radius 2 is 1.40 bits per heavy atom. The zero-order valence-electron chi connectivity index (χ0n) is 18.8. The van der Waals surface area contributed by atoms with Gasteiger partial charge in [-0.2, -0.15) is 0 Å². The first kappa shape index (κ1) is 23.8. The van der Waals surface area contributed by atoms with E-state index in [1.54, 1.807) is 20.8 Å². The second-order valence-electron chi connectivity index (χ2n) is 9.50. The van der Waals surface area contributed by atoms with Crippen LogP contribution in [0, 0.1) is 0 Å². The molecule has 1 N–H and O–H groups in total. The van der Waals surface area contributed by atoms with Crippen molar-refractivity contribution in [2.75, 3.05) is 6.61 Å². The lowest BCUT2D eigenvalue weighted by Gasteiger charge is -2.45. The molecule has 0 aliphatic carbocycles. The number of nitrogens with zero attached hydrogens (tertiary/aromatic N) is 1. The van der Waals surface area contributed by atoms with Crippen molar-refractivity contribution in [2.24, 2.45) is 0 Å². The Labute approximate surface area is 180 Å². The highest BCUT2D eigenvalue weighted by Crippen LogP contribution is 2.37. The van der Waals surface area contributed by atoms with Crippen LogP contribution >= 0.6 is 0 Å². The molecule has 2 aromatic rings. The molecule has 6 heteroatoms. The number of carbonyl (C=O) groups is 2. The molecule has 162 valence electrons. The second-order valence-corrected chi connectivity index (χ2v) is 13.8. The Hall–Kier alpha value is -2.44. The summed E-state index contributed by atoms with van der Waals surface area (Å²) >= 11 is 0. The summed E-state index contributed by atoms with van der Waals surface area (Å²) in [6, 6.07) is 19.3. The van der Waals surface area contributed by atoms with Crippen molar-refractivity contribution in [2.45, 2.75) is 58.2 Å². The first-order valence-electron chi connectivity index (χ1n) is 10.2. The average Bonchev–Trinajstić information content (AvgIpc) is 2.66. The molecule has 0 heterocycles. The summed E-state index contributed by atoms with van der Waals surface area (Å²) in [5.74, 6) is 0. The number of hydrogen-bond donors (Lipinski definition) is 1. The van der Waals surface area contributed by atoms with Crippen LogP contribution in [0.25, 0.3) is 0 Å². The monoisotopic (exact) mass is 427 g/mol. The predicted molar refractivity (Wildman–Crippen MR) is 123 cm³/mol. The Bertz CT molecular complexity index is 802. The summed E-state index contributed by atoms with van der Waals surface area (Å²) in [6.45, 7) is 11.8. The summed E-state index contributed by atoms with van der Waals surface area (Å²) in [4.78, 5) is 25.1. The van der Waals surface area contributed by atoms with Crippen LogP contribution in [-0.4, -0.2) is 48.9 Å². The van der Waals surface area contributed by atoms with E-state index in [9.17, 15) is 14.7 Å². The van der Waals surface area contributed by atoms with E-state index in [1.165, 1.54) is 4.90 Å². The Morgan fingerprint density at radius 3 is 1.70 bits per heavy atom. The molecule has 0 spiro atoms. The topological polar surface area (TPSA) is 66.8 Å². The number of carboxylic acid groups (broad SMARTS) is 1. The molecule has 0 aliphatic heterocycles. The van der Waals surface area contributed by atoms with E-state index < -0.39 is 26.0 Å². The van der Waals surface area contributed by atoms with E-state index in [2.05, 4.69) is 45.0 Å². The van der Waals surface area contributed by atoms with Gasteiger partial charge in [0, 0.05) is 5.54 Å². The molecule has 30 heavy (non-hydrogen) atoms. The van der Waals surface area contributed by atoms with E-state index in [-0.39, 0.29) is 11.6 Å². The fraction of sp³-hybridized carbons (Fsp3) is 0.417. The molecular weight excluding hydrogens is 394 g/mol. The first-order chi connectivity index (χ1) is 13.9. The molecule has 2 aromatic carbocycles. The van der Waals surface area contributed by atoms with Gasteiger partial charge in [-0.1, -0.05) is 81.4 Å². The first-order valence-corrected chi connectivity index (χ1v) is 12.1. The predicted octanol–water partition coefficient (Wildman–Crippen LogP) is 3.91. The molecule has 0 bridgehead atoms. The lowest BCUT2D eigenvalue weighted by molar-refractivity contribution is -0.114. The van der Waals surface area contributed by atoms with Crippen molar-refractivity contribution >= 4 is 31.1 Å². The third kappa shape index (κ3) is 4.82. The van der Waals surface area contributed by atoms with Crippen LogP contribution in [0.15, 0.2) is 60.7 Å². The normalized spacial score (nSPS) is 13.5. The smallest absolute Gasteiger partial charge is 0.408 e. The Balaban J connectivity index is 2.58. The number of rotatable bonds is 7. The maximum atomic E-state index is 12.0. The summed E-state index contributed by atoms with van der Waals surface area (Å²) in [5.41, 5.74) is -0.730. The minimum atomic E-state index is -2.85. The second kappa shape index (κ2) is 9.14. The fourth-order valence-corrected chi connectivity index (χ4v) is 8.65. The molecule has 2 rings (SSSR count). The maximum absolute atomic E-state index is 12.0. The molecule has 0 saturated carbocycles. The van der Waals surface area contributed by atoms with Gasteiger partial charge in [0.15, 0.2) is 0 Å².